The lowest BCUT2D eigenvalue weighted by Gasteiger charge is -2.24. The van der Waals surface area contributed by atoms with Crippen LogP contribution in [-0.2, 0) is 6.42 Å². The highest BCUT2D eigenvalue weighted by Crippen LogP contribution is 2.41. The molecule has 1 aliphatic heterocycles. The van der Waals surface area contributed by atoms with Crippen LogP contribution in [0.3, 0.4) is 0 Å². The van der Waals surface area contributed by atoms with Gasteiger partial charge in [-0.15, -0.1) is 0 Å². The molecule has 0 saturated carbocycles. The molecule has 0 spiro atoms. The highest BCUT2D eigenvalue weighted by Gasteiger charge is 2.36. The maximum atomic E-state index is 10.3. The Balaban J connectivity index is 1.95. The summed E-state index contributed by atoms with van der Waals surface area (Å²) in [6, 6.07) is 9.79. The maximum absolute atomic E-state index is 10.3. The summed E-state index contributed by atoms with van der Waals surface area (Å²) in [5, 5.41) is 10.3. The smallest absolute Gasteiger partial charge is 0.134 e. The van der Waals surface area contributed by atoms with Gasteiger partial charge in [-0.1, -0.05) is 0 Å². The molecule has 2 aromatic rings. The lowest BCUT2D eigenvalue weighted by atomic mass is 9.96. The molecule has 0 saturated heterocycles. The van der Waals surface area contributed by atoms with Crippen molar-refractivity contribution in [2.24, 2.45) is 0 Å². The Labute approximate surface area is 143 Å². The number of benzene rings is 2. The predicted molar refractivity (Wildman–Crippen MR) is 93.4 cm³/mol. The quantitative estimate of drug-likeness (QED) is 0.915. The van der Waals surface area contributed by atoms with E-state index in [0.29, 0.717) is 6.42 Å². The molecule has 128 valence electrons. The van der Waals surface area contributed by atoms with Crippen LogP contribution in [0.5, 0.6) is 23.0 Å². The van der Waals surface area contributed by atoms with E-state index in [0.717, 1.165) is 39.7 Å². The van der Waals surface area contributed by atoms with Gasteiger partial charge in [-0.2, -0.15) is 0 Å². The van der Waals surface area contributed by atoms with Gasteiger partial charge in [0.2, 0.25) is 0 Å². The van der Waals surface area contributed by atoms with Crippen molar-refractivity contribution in [2.45, 2.75) is 45.8 Å². The molecule has 1 N–H and O–H groups in total. The van der Waals surface area contributed by atoms with Crippen molar-refractivity contribution >= 4 is 0 Å². The van der Waals surface area contributed by atoms with E-state index in [-0.39, 0.29) is 6.10 Å². The molecule has 1 heterocycles. The van der Waals surface area contributed by atoms with Crippen molar-refractivity contribution in [3.63, 3.8) is 0 Å². The summed E-state index contributed by atoms with van der Waals surface area (Å²) in [7, 11) is 1.64. The fourth-order valence-electron chi connectivity index (χ4n) is 2.94. The summed E-state index contributed by atoms with van der Waals surface area (Å²) in [5.41, 5.74) is 2.21. The lowest BCUT2D eigenvalue weighted by Crippen LogP contribution is -2.39. The molecule has 1 atom stereocenters. The lowest BCUT2D eigenvalue weighted by molar-refractivity contribution is -0.0229. The number of fused-ring (bicyclic) bond motifs is 1. The van der Waals surface area contributed by atoms with Crippen molar-refractivity contribution in [3.05, 3.63) is 47.0 Å². The molecule has 1 aliphatic rings. The molecule has 2 aromatic carbocycles. The van der Waals surface area contributed by atoms with Crippen LogP contribution in [0.25, 0.3) is 0 Å². The standard InChI is InChI=1S/C20H24O4/c1-12-6-14(22-5)10-15(7-12)23-17-8-13(2)9-18-16(17)11-19(24-18)20(3,4)21/h6-10,19,21H,11H2,1-5H3/t19-/m1/s1. The maximum Gasteiger partial charge on any atom is 0.134 e. The molecular formula is C20H24O4. The van der Waals surface area contributed by atoms with Gasteiger partial charge in [0.05, 0.1) is 12.7 Å². The van der Waals surface area contributed by atoms with E-state index in [1.807, 2.05) is 44.2 Å². The van der Waals surface area contributed by atoms with E-state index in [4.69, 9.17) is 14.2 Å². The minimum absolute atomic E-state index is 0.274. The molecule has 0 bridgehead atoms. The van der Waals surface area contributed by atoms with Crippen LogP contribution < -0.4 is 14.2 Å². The van der Waals surface area contributed by atoms with Crippen molar-refractivity contribution in [1.29, 1.82) is 0 Å². The van der Waals surface area contributed by atoms with Crippen LogP contribution in [0.2, 0.25) is 0 Å². The molecule has 0 aromatic heterocycles. The number of ether oxygens (including phenoxy) is 3. The molecule has 0 radical (unpaired) electrons. The molecule has 0 fully saturated rings. The van der Waals surface area contributed by atoms with E-state index in [2.05, 4.69) is 0 Å². The average Bonchev–Trinajstić information content (AvgIpc) is 2.90. The minimum Gasteiger partial charge on any atom is -0.497 e. The fraction of sp³-hybridized carbons (Fsp3) is 0.400. The molecule has 3 rings (SSSR count). The molecule has 0 amide bonds. The van der Waals surface area contributed by atoms with Crippen LogP contribution in [0.1, 0.15) is 30.5 Å². The third-order valence-corrected chi connectivity index (χ3v) is 4.25. The Morgan fingerprint density at radius 1 is 1.04 bits per heavy atom. The normalized spacial score (nSPS) is 16.5. The average molecular weight is 328 g/mol. The first-order chi connectivity index (χ1) is 11.3. The molecule has 4 nitrogen and oxygen atoms in total. The number of rotatable bonds is 4. The summed E-state index contributed by atoms with van der Waals surface area (Å²) >= 11 is 0. The van der Waals surface area contributed by atoms with Gasteiger partial charge >= 0.3 is 0 Å². The predicted octanol–water partition coefficient (Wildman–Crippen LogP) is 4.18. The van der Waals surface area contributed by atoms with Gasteiger partial charge in [0.15, 0.2) is 0 Å². The first-order valence-electron chi connectivity index (χ1n) is 8.12. The van der Waals surface area contributed by atoms with Gasteiger partial charge in [0.1, 0.15) is 29.1 Å². The summed E-state index contributed by atoms with van der Waals surface area (Å²) in [4.78, 5) is 0. The Morgan fingerprint density at radius 3 is 2.38 bits per heavy atom. The van der Waals surface area contributed by atoms with Crippen molar-refractivity contribution in [2.75, 3.05) is 7.11 Å². The summed E-state index contributed by atoms with van der Waals surface area (Å²) in [6.07, 6.45) is 0.348. The number of hydrogen-bond donors (Lipinski definition) is 1. The Morgan fingerprint density at radius 2 is 1.71 bits per heavy atom. The van der Waals surface area contributed by atoms with E-state index in [9.17, 15) is 5.11 Å². The van der Waals surface area contributed by atoms with Gasteiger partial charge in [0.25, 0.3) is 0 Å². The van der Waals surface area contributed by atoms with Crippen LogP contribution in [-0.4, -0.2) is 23.9 Å². The van der Waals surface area contributed by atoms with Gasteiger partial charge in [-0.05, 0) is 63.1 Å². The molecular weight excluding hydrogens is 304 g/mol. The Kier molecular flexibility index (Phi) is 4.18. The first kappa shape index (κ1) is 16.7. The zero-order valence-corrected chi connectivity index (χ0v) is 14.8. The summed E-state index contributed by atoms with van der Waals surface area (Å²) in [5.74, 6) is 3.05. The second-order valence-corrected chi connectivity index (χ2v) is 6.99. The SMILES string of the molecule is COc1cc(C)cc(Oc2cc(C)cc3c2C[C@H](C(C)(C)O)O3)c1. The van der Waals surface area contributed by atoms with E-state index in [1.54, 1.807) is 21.0 Å². The van der Waals surface area contributed by atoms with Gasteiger partial charge in [0, 0.05) is 18.1 Å². The number of methoxy groups -OCH3 is 1. The van der Waals surface area contributed by atoms with Crippen molar-refractivity contribution in [3.8, 4) is 23.0 Å². The third-order valence-electron chi connectivity index (χ3n) is 4.25. The van der Waals surface area contributed by atoms with Crippen LogP contribution in [0, 0.1) is 13.8 Å². The third kappa shape index (κ3) is 3.34. The fourth-order valence-corrected chi connectivity index (χ4v) is 2.94. The molecule has 4 heteroatoms. The van der Waals surface area contributed by atoms with Crippen LogP contribution in [0.15, 0.2) is 30.3 Å². The summed E-state index contributed by atoms with van der Waals surface area (Å²) in [6.45, 7) is 7.54. The number of aryl methyl sites for hydroxylation is 2. The van der Waals surface area contributed by atoms with Crippen LogP contribution >= 0.6 is 0 Å². The first-order valence-corrected chi connectivity index (χ1v) is 8.12. The summed E-state index contributed by atoms with van der Waals surface area (Å²) < 4.78 is 17.4. The molecule has 0 unspecified atom stereocenters. The van der Waals surface area contributed by atoms with Gasteiger partial charge < -0.3 is 19.3 Å². The monoisotopic (exact) mass is 328 g/mol. The van der Waals surface area contributed by atoms with E-state index >= 15 is 0 Å². The minimum atomic E-state index is -0.906. The van der Waals surface area contributed by atoms with Crippen molar-refractivity contribution < 1.29 is 19.3 Å². The zero-order chi connectivity index (χ0) is 17.5. The second-order valence-electron chi connectivity index (χ2n) is 6.99. The van der Waals surface area contributed by atoms with Gasteiger partial charge in [-0.3, -0.25) is 0 Å². The zero-order valence-electron chi connectivity index (χ0n) is 14.8. The van der Waals surface area contributed by atoms with Crippen molar-refractivity contribution in [1.82, 2.24) is 0 Å². The largest absolute Gasteiger partial charge is 0.497 e. The number of hydrogen-bond acceptors (Lipinski definition) is 4. The highest BCUT2D eigenvalue weighted by atomic mass is 16.5. The Bertz CT molecular complexity index is 759. The van der Waals surface area contributed by atoms with E-state index in [1.165, 1.54) is 0 Å². The number of aliphatic hydroxyl groups is 1. The highest BCUT2D eigenvalue weighted by molar-refractivity contribution is 5.53. The topological polar surface area (TPSA) is 47.9 Å². The molecule has 0 aliphatic carbocycles. The molecule has 24 heavy (non-hydrogen) atoms. The second kappa shape index (κ2) is 6.02. The van der Waals surface area contributed by atoms with Gasteiger partial charge in [-0.25, -0.2) is 0 Å². The van der Waals surface area contributed by atoms with Crippen LogP contribution in [0.4, 0.5) is 0 Å². The van der Waals surface area contributed by atoms with E-state index < -0.39 is 5.60 Å². The Hall–Kier alpha value is -2.20.